The predicted molar refractivity (Wildman–Crippen MR) is 134 cm³/mol. The second-order valence-electron chi connectivity index (χ2n) is 7.53. The van der Waals surface area contributed by atoms with Crippen LogP contribution in [0, 0.1) is 6.92 Å². The number of carbonyl (C=O) groups excluding carboxylic acids is 1. The second kappa shape index (κ2) is 8.82. The number of amides is 2. The van der Waals surface area contributed by atoms with Crippen molar-refractivity contribution in [3.63, 3.8) is 0 Å². The highest BCUT2D eigenvalue weighted by atomic mass is 32.2. The van der Waals surface area contributed by atoms with Gasteiger partial charge in [0.25, 0.3) is 0 Å². The summed E-state index contributed by atoms with van der Waals surface area (Å²) in [7, 11) is 0.0262. The molecule has 0 aliphatic carbocycles. The molecule has 4 aromatic rings. The number of aryl methyl sites for hydroxylation is 1. The second-order valence-corrected chi connectivity index (χ2v) is 10.6. The van der Waals surface area contributed by atoms with E-state index in [0.29, 0.717) is 28.1 Å². The Bertz CT molecular complexity index is 1370. The maximum atomic E-state index is 13.3. The quantitative estimate of drug-likeness (QED) is 0.434. The van der Waals surface area contributed by atoms with Crippen molar-refractivity contribution in [1.82, 2.24) is 9.97 Å². The molecule has 2 aromatic heterocycles. The molecule has 1 saturated heterocycles. The zero-order chi connectivity index (χ0) is 23.1. The number of nitrogens with two attached hydrogens (primary N) is 1. The molecule has 0 bridgehead atoms. The van der Waals surface area contributed by atoms with Gasteiger partial charge in [0.15, 0.2) is 5.13 Å². The fourth-order valence-corrected chi connectivity index (χ4v) is 6.43. The van der Waals surface area contributed by atoms with Gasteiger partial charge in [-0.3, -0.25) is 9.80 Å². The van der Waals surface area contributed by atoms with Crippen LogP contribution in [0.15, 0.2) is 46.1 Å². The minimum atomic E-state index is -1.62. The number of aromatic nitrogens is 2. The third-order valence-corrected chi connectivity index (χ3v) is 8.77. The van der Waals surface area contributed by atoms with E-state index in [1.807, 2.05) is 41.9 Å². The molecule has 1 aliphatic heterocycles. The number of fused-ring (bicyclic) bond motifs is 1. The van der Waals surface area contributed by atoms with E-state index >= 15 is 0 Å². The highest BCUT2D eigenvalue weighted by molar-refractivity contribution is 7.85. The SMILES string of the molecule is COc1cc(-c2ccc(N3CCCN(c4nc(C)c(S(N)=O)s4)C3=O)cc2)c2scnc2c1. The van der Waals surface area contributed by atoms with Crippen LogP contribution in [0.25, 0.3) is 21.3 Å². The summed E-state index contributed by atoms with van der Waals surface area (Å²) >= 11 is 2.80. The van der Waals surface area contributed by atoms with E-state index in [0.717, 1.165) is 39.2 Å². The standard InChI is InChI=1S/C22H21N5O3S3/c1-13-20(33(23)29)32-21(25-13)27-9-3-8-26(22(27)28)15-6-4-14(5-7-15)17-10-16(30-2)11-18-19(17)31-12-24-18/h4-7,10-12H,3,8-9,23H2,1-2H3. The fourth-order valence-electron chi connectivity index (χ4n) is 3.91. The summed E-state index contributed by atoms with van der Waals surface area (Å²) in [6, 6.07) is 11.7. The number of hydrogen-bond acceptors (Lipinski definition) is 7. The minimum Gasteiger partial charge on any atom is -0.497 e. The lowest BCUT2D eigenvalue weighted by molar-refractivity contribution is 0.248. The Morgan fingerprint density at radius 2 is 1.91 bits per heavy atom. The summed E-state index contributed by atoms with van der Waals surface area (Å²) in [5.74, 6) is 0.755. The topological polar surface area (TPSA) is 102 Å². The third-order valence-electron chi connectivity index (χ3n) is 5.51. The lowest BCUT2D eigenvalue weighted by Crippen LogP contribution is -2.49. The normalized spacial score (nSPS) is 15.3. The average Bonchev–Trinajstić information content (AvgIpc) is 3.45. The van der Waals surface area contributed by atoms with Crippen molar-refractivity contribution < 1.29 is 13.7 Å². The van der Waals surface area contributed by atoms with E-state index in [4.69, 9.17) is 9.88 Å². The van der Waals surface area contributed by atoms with E-state index in [9.17, 15) is 9.00 Å². The van der Waals surface area contributed by atoms with E-state index in [1.165, 1.54) is 11.3 Å². The number of benzene rings is 2. The highest BCUT2D eigenvalue weighted by Crippen LogP contribution is 2.36. The maximum absolute atomic E-state index is 13.3. The molecule has 33 heavy (non-hydrogen) atoms. The predicted octanol–water partition coefficient (Wildman–Crippen LogP) is 4.55. The number of thiazole rings is 2. The Morgan fingerprint density at radius 3 is 2.61 bits per heavy atom. The van der Waals surface area contributed by atoms with Crippen LogP contribution in [-0.2, 0) is 11.0 Å². The Balaban J connectivity index is 1.44. The molecule has 1 fully saturated rings. The minimum absolute atomic E-state index is 0.150. The first-order valence-corrected chi connectivity index (χ1v) is 13.1. The molecule has 1 atom stereocenters. The summed E-state index contributed by atoms with van der Waals surface area (Å²) in [5, 5.41) is 6.06. The van der Waals surface area contributed by atoms with Gasteiger partial charge in [0.1, 0.15) is 20.9 Å². The molecular formula is C22H21N5O3S3. The van der Waals surface area contributed by atoms with Crippen molar-refractivity contribution in [3.8, 4) is 16.9 Å². The Morgan fingerprint density at radius 1 is 1.15 bits per heavy atom. The molecule has 1 unspecified atom stereocenters. The molecule has 3 heterocycles. The molecule has 2 N–H and O–H groups in total. The number of ether oxygens (including phenoxy) is 1. The van der Waals surface area contributed by atoms with Crippen LogP contribution in [0.1, 0.15) is 12.1 Å². The fraction of sp³-hybridized carbons (Fsp3) is 0.227. The van der Waals surface area contributed by atoms with Crippen LogP contribution in [0.4, 0.5) is 15.6 Å². The van der Waals surface area contributed by atoms with Crippen LogP contribution in [0.2, 0.25) is 0 Å². The van der Waals surface area contributed by atoms with Crippen molar-refractivity contribution >= 4 is 60.7 Å². The van der Waals surface area contributed by atoms with E-state index in [1.54, 1.807) is 35.2 Å². The largest absolute Gasteiger partial charge is 0.497 e. The molecule has 2 aromatic carbocycles. The first kappa shape index (κ1) is 22.0. The molecule has 1 aliphatic rings. The Labute approximate surface area is 201 Å². The van der Waals surface area contributed by atoms with Gasteiger partial charge < -0.3 is 4.74 Å². The Hall–Kier alpha value is -2.86. The molecule has 8 nitrogen and oxygen atoms in total. The number of rotatable bonds is 5. The van der Waals surface area contributed by atoms with Gasteiger partial charge in [-0.1, -0.05) is 23.5 Å². The van der Waals surface area contributed by atoms with Crippen LogP contribution < -0.4 is 19.7 Å². The average molecular weight is 500 g/mol. The molecule has 5 rings (SSSR count). The van der Waals surface area contributed by atoms with Crippen LogP contribution >= 0.6 is 22.7 Å². The maximum Gasteiger partial charge on any atom is 0.330 e. The third kappa shape index (κ3) is 4.01. The highest BCUT2D eigenvalue weighted by Gasteiger charge is 2.30. The number of urea groups is 1. The summed E-state index contributed by atoms with van der Waals surface area (Å²) in [5.41, 5.74) is 6.21. The molecule has 2 amide bonds. The summed E-state index contributed by atoms with van der Waals surface area (Å²) in [6.45, 7) is 2.93. The smallest absolute Gasteiger partial charge is 0.330 e. The van der Waals surface area contributed by atoms with Gasteiger partial charge in [0, 0.05) is 30.4 Å². The van der Waals surface area contributed by atoms with Gasteiger partial charge in [-0.05, 0) is 37.1 Å². The van der Waals surface area contributed by atoms with Gasteiger partial charge in [0.2, 0.25) is 0 Å². The van der Waals surface area contributed by atoms with Crippen molar-refractivity contribution in [2.45, 2.75) is 17.6 Å². The number of nitrogens with zero attached hydrogens (tertiary/aromatic N) is 4. The monoisotopic (exact) mass is 499 g/mol. The first-order chi connectivity index (χ1) is 16.0. The molecular weight excluding hydrogens is 478 g/mol. The van der Waals surface area contributed by atoms with E-state index < -0.39 is 11.0 Å². The van der Waals surface area contributed by atoms with Gasteiger partial charge in [-0.15, -0.1) is 11.3 Å². The first-order valence-electron chi connectivity index (χ1n) is 10.2. The summed E-state index contributed by atoms with van der Waals surface area (Å²) < 4.78 is 18.7. The molecule has 170 valence electrons. The molecule has 0 radical (unpaired) electrons. The Kier molecular flexibility index (Phi) is 5.87. The molecule has 0 spiro atoms. The van der Waals surface area contributed by atoms with Crippen LogP contribution in [0.3, 0.4) is 0 Å². The number of anilines is 2. The van der Waals surface area contributed by atoms with Crippen LogP contribution in [0.5, 0.6) is 5.75 Å². The lowest BCUT2D eigenvalue weighted by atomic mass is 10.0. The number of hydrogen-bond donors (Lipinski definition) is 1. The van der Waals surface area contributed by atoms with Gasteiger partial charge >= 0.3 is 6.03 Å². The number of methoxy groups -OCH3 is 1. The van der Waals surface area contributed by atoms with E-state index in [-0.39, 0.29) is 6.03 Å². The zero-order valence-electron chi connectivity index (χ0n) is 18.0. The van der Waals surface area contributed by atoms with Crippen molar-refractivity contribution in [1.29, 1.82) is 0 Å². The summed E-state index contributed by atoms with van der Waals surface area (Å²) in [4.78, 5) is 25.5. The molecule has 11 heteroatoms. The van der Waals surface area contributed by atoms with Gasteiger partial charge in [-0.2, -0.15) is 0 Å². The van der Waals surface area contributed by atoms with Crippen LogP contribution in [-0.4, -0.2) is 40.4 Å². The van der Waals surface area contributed by atoms with Gasteiger partial charge in [0.05, 0.1) is 28.5 Å². The number of carbonyl (C=O) groups is 1. The summed E-state index contributed by atoms with van der Waals surface area (Å²) in [6.07, 6.45) is 0.796. The van der Waals surface area contributed by atoms with Crippen molar-refractivity contribution in [2.24, 2.45) is 5.14 Å². The molecule has 0 saturated carbocycles. The van der Waals surface area contributed by atoms with E-state index in [2.05, 4.69) is 9.97 Å². The lowest BCUT2D eigenvalue weighted by Gasteiger charge is -2.34. The van der Waals surface area contributed by atoms with Gasteiger partial charge in [-0.25, -0.2) is 24.1 Å². The van der Waals surface area contributed by atoms with Crippen molar-refractivity contribution in [2.75, 3.05) is 30.0 Å². The van der Waals surface area contributed by atoms with Crippen molar-refractivity contribution in [3.05, 3.63) is 47.6 Å². The zero-order valence-corrected chi connectivity index (χ0v) is 20.4.